The van der Waals surface area contributed by atoms with Crippen LogP contribution in [0, 0.1) is 11.3 Å². The van der Waals surface area contributed by atoms with E-state index in [1.807, 2.05) is 58.2 Å². The Morgan fingerprint density at radius 1 is 1.27 bits per heavy atom. The van der Waals surface area contributed by atoms with E-state index in [2.05, 4.69) is 6.07 Å². The van der Waals surface area contributed by atoms with Crippen LogP contribution in [0.5, 0.6) is 0 Å². The Labute approximate surface area is 94.6 Å². The third kappa shape index (κ3) is 2.58. The van der Waals surface area contributed by atoms with Crippen molar-refractivity contribution in [3.63, 3.8) is 0 Å². The second-order valence-electron chi connectivity index (χ2n) is 2.99. The Morgan fingerprint density at radius 3 is 2.67 bits per heavy atom. The van der Waals surface area contributed by atoms with Crippen LogP contribution in [0.1, 0.15) is 0 Å². The highest BCUT2D eigenvalue weighted by atomic mass is 35.5. The van der Waals surface area contributed by atoms with Gasteiger partial charge in [0.05, 0.1) is 0 Å². The third-order valence-corrected chi connectivity index (χ3v) is 2.00. The van der Waals surface area contributed by atoms with Crippen LogP contribution in [-0.4, -0.2) is 4.57 Å². The van der Waals surface area contributed by atoms with Gasteiger partial charge in [-0.3, -0.25) is 0 Å². The van der Waals surface area contributed by atoms with E-state index in [9.17, 15) is 0 Å². The Hall–Kier alpha value is -1.79. The minimum absolute atomic E-state index is 0. The zero-order valence-corrected chi connectivity index (χ0v) is 8.80. The molecule has 0 unspecified atom stereocenters. The maximum atomic E-state index is 8.52. The molecule has 0 fully saturated rings. The lowest BCUT2D eigenvalue weighted by molar-refractivity contribution is -0.684. The first-order valence-electron chi connectivity index (χ1n) is 4.39. The zero-order valence-electron chi connectivity index (χ0n) is 8.05. The van der Waals surface area contributed by atoms with Gasteiger partial charge in [0.2, 0.25) is 6.33 Å². The average molecular weight is 220 g/mol. The molecule has 0 radical (unpaired) electrons. The number of hydrogen-bond acceptors (Lipinski definition) is 1. The maximum Gasteiger partial charge on any atom is 0.249 e. The van der Waals surface area contributed by atoms with Crippen molar-refractivity contribution in [3.8, 4) is 11.8 Å². The van der Waals surface area contributed by atoms with Crippen molar-refractivity contribution in [2.75, 3.05) is 0 Å². The van der Waals surface area contributed by atoms with Crippen molar-refractivity contribution in [1.29, 1.82) is 5.26 Å². The fourth-order valence-corrected chi connectivity index (χ4v) is 1.32. The number of hydrogen-bond donors (Lipinski definition) is 0. The number of benzene rings is 1. The van der Waals surface area contributed by atoms with Crippen LogP contribution in [0.2, 0.25) is 0 Å². The molecule has 1 aromatic carbocycles. The molecule has 0 spiro atoms. The average Bonchev–Trinajstić information content (AvgIpc) is 2.68. The number of nitrogens with zero attached hydrogens (tertiary/aromatic N) is 3. The molecule has 2 aromatic rings. The summed E-state index contributed by atoms with van der Waals surface area (Å²) < 4.78 is 3.82. The standard InChI is InChI=1S/C11H10N3.ClH/c12-6-7-13-8-9-14(10-13)11-4-2-1-3-5-11;/h1-5,8-10H,7H2;1H/q+1;/p-1. The molecule has 0 aliphatic heterocycles. The minimum Gasteiger partial charge on any atom is -1.00 e. The number of halogens is 1. The van der Waals surface area contributed by atoms with Crippen LogP contribution in [0.3, 0.4) is 0 Å². The molecule has 76 valence electrons. The molecule has 0 saturated heterocycles. The summed E-state index contributed by atoms with van der Waals surface area (Å²) in [6.45, 7) is 0.389. The van der Waals surface area contributed by atoms with Gasteiger partial charge in [0.25, 0.3) is 0 Å². The summed E-state index contributed by atoms with van der Waals surface area (Å²) in [6.07, 6.45) is 5.72. The molecular formula is C11H10ClN3. The van der Waals surface area contributed by atoms with Crippen molar-refractivity contribution in [1.82, 2.24) is 4.57 Å². The maximum absolute atomic E-state index is 8.52. The molecule has 2 rings (SSSR count). The molecule has 3 nitrogen and oxygen atoms in total. The van der Waals surface area contributed by atoms with Gasteiger partial charge in [-0.15, -0.1) is 0 Å². The summed E-state index contributed by atoms with van der Waals surface area (Å²) in [4.78, 5) is 0. The van der Waals surface area contributed by atoms with Gasteiger partial charge in [-0.05, 0) is 12.1 Å². The molecule has 4 heteroatoms. The number of rotatable bonds is 2. The highest BCUT2D eigenvalue weighted by Gasteiger charge is 2.04. The van der Waals surface area contributed by atoms with Crippen molar-refractivity contribution in [2.24, 2.45) is 0 Å². The topological polar surface area (TPSA) is 32.6 Å². The van der Waals surface area contributed by atoms with Crippen molar-refractivity contribution in [3.05, 3.63) is 49.1 Å². The number of nitriles is 1. The highest BCUT2D eigenvalue weighted by Crippen LogP contribution is 2.03. The van der Waals surface area contributed by atoms with Crippen LogP contribution in [0.15, 0.2) is 49.1 Å². The van der Waals surface area contributed by atoms with Crippen LogP contribution in [0.25, 0.3) is 5.69 Å². The van der Waals surface area contributed by atoms with Crippen molar-refractivity contribution >= 4 is 0 Å². The molecule has 15 heavy (non-hydrogen) atoms. The molecule has 0 saturated carbocycles. The zero-order chi connectivity index (χ0) is 9.80. The Balaban J connectivity index is 0.00000112. The van der Waals surface area contributed by atoms with E-state index in [0.29, 0.717) is 6.54 Å². The molecule has 1 aromatic heterocycles. The van der Waals surface area contributed by atoms with Gasteiger partial charge in [0.1, 0.15) is 24.2 Å². The Kier molecular flexibility index (Phi) is 3.90. The van der Waals surface area contributed by atoms with Gasteiger partial charge >= 0.3 is 0 Å². The predicted octanol–water partition coefficient (Wildman–Crippen LogP) is -1.71. The van der Waals surface area contributed by atoms with Crippen LogP contribution in [0.4, 0.5) is 0 Å². The normalized spacial score (nSPS) is 9.00. The third-order valence-electron chi connectivity index (χ3n) is 2.00. The first-order chi connectivity index (χ1) is 6.90. The molecule has 0 aliphatic rings. The monoisotopic (exact) mass is 219 g/mol. The van der Waals surface area contributed by atoms with E-state index in [1.165, 1.54) is 0 Å². The van der Waals surface area contributed by atoms with Gasteiger partial charge in [0.15, 0.2) is 6.54 Å². The molecule has 0 amide bonds. The van der Waals surface area contributed by atoms with Gasteiger partial charge in [-0.2, -0.15) is 5.26 Å². The van der Waals surface area contributed by atoms with E-state index >= 15 is 0 Å². The smallest absolute Gasteiger partial charge is 0.249 e. The summed E-state index contributed by atoms with van der Waals surface area (Å²) in [7, 11) is 0. The first kappa shape index (κ1) is 11.3. The number of aromatic nitrogens is 2. The van der Waals surface area contributed by atoms with Crippen LogP contribution < -0.4 is 17.0 Å². The fraction of sp³-hybridized carbons (Fsp3) is 0.0909. The number of imidazole rings is 1. The lowest BCUT2D eigenvalue weighted by atomic mass is 10.3. The number of para-hydroxylation sites is 1. The first-order valence-corrected chi connectivity index (χ1v) is 4.39. The molecule has 0 atom stereocenters. The van der Waals surface area contributed by atoms with Crippen molar-refractivity contribution in [2.45, 2.75) is 6.54 Å². The van der Waals surface area contributed by atoms with E-state index in [-0.39, 0.29) is 12.4 Å². The summed E-state index contributed by atoms with van der Waals surface area (Å²) in [6, 6.07) is 12.1. The fourth-order valence-electron chi connectivity index (χ4n) is 1.32. The molecule has 0 N–H and O–H groups in total. The SMILES string of the molecule is N#CC[n+]1ccn(-c2ccccc2)c1.[Cl-]. The van der Waals surface area contributed by atoms with Crippen LogP contribution >= 0.6 is 0 Å². The molecular weight excluding hydrogens is 210 g/mol. The predicted molar refractivity (Wildman–Crippen MR) is 51.6 cm³/mol. The quantitative estimate of drug-likeness (QED) is 0.554. The van der Waals surface area contributed by atoms with E-state index in [4.69, 9.17) is 5.26 Å². The summed E-state index contributed by atoms with van der Waals surface area (Å²) in [5.41, 5.74) is 1.10. The van der Waals surface area contributed by atoms with E-state index in [1.54, 1.807) is 0 Å². The second-order valence-corrected chi connectivity index (χ2v) is 2.99. The van der Waals surface area contributed by atoms with E-state index < -0.39 is 0 Å². The summed E-state index contributed by atoms with van der Waals surface area (Å²) in [5, 5.41) is 8.52. The molecule has 0 aliphatic carbocycles. The van der Waals surface area contributed by atoms with Gasteiger partial charge in [0, 0.05) is 0 Å². The second kappa shape index (κ2) is 5.18. The van der Waals surface area contributed by atoms with Gasteiger partial charge in [-0.1, -0.05) is 18.2 Å². The van der Waals surface area contributed by atoms with Crippen molar-refractivity contribution < 1.29 is 17.0 Å². The molecule has 0 bridgehead atoms. The van der Waals surface area contributed by atoms with Gasteiger partial charge in [-0.25, -0.2) is 9.13 Å². The highest BCUT2D eigenvalue weighted by molar-refractivity contribution is 5.30. The van der Waals surface area contributed by atoms with E-state index in [0.717, 1.165) is 5.69 Å². The lowest BCUT2D eigenvalue weighted by Crippen LogP contribution is -3.00. The minimum atomic E-state index is 0. The summed E-state index contributed by atoms with van der Waals surface area (Å²) in [5.74, 6) is 0. The Morgan fingerprint density at radius 2 is 2.00 bits per heavy atom. The van der Waals surface area contributed by atoms with Gasteiger partial charge < -0.3 is 12.4 Å². The largest absolute Gasteiger partial charge is 1.00 e. The summed E-state index contributed by atoms with van der Waals surface area (Å²) >= 11 is 0. The Bertz CT molecular complexity index is 456. The molecule has 1 heterocycles. The van der Waals surface area contributed by atoms with Crippen LogP contribution in [-0.2, 0) is 6.54 Å². The lowest BCUT2D eigenvalue weighted by Gasteiger charge is -1.92.